The molecule has 0 aliphatic carbocycles. The lowest BCUT2D eigenvalue weighted by atomic mass is 9.93. The van der Waals surface area contributed by atoms with Crippen LogP contribution in [-0.2, 0) is 4.74 Å². The Morgan fingerprint density at radius 1 is 1.50 bits per heavy atom. The molecule has 4 heteroatoms. The van der Waals surface area contributed by atoms with Crippen LogP contribution in [0.2, 0.25) is 0 Å². The second-order valence-corrected chi connectivity index (χ2v) is 5.91. The van der Waals surface area contributed by atoms with E-state index in [4.69, 9.17) is 4.74 Å². The van der Waals surface area contributed by atoms with Gasteiger partial charge in [-0.25, -0.2) is 0 Å². The summed E-state index contributed by atoms with van der Waals surface area (Å²) in [6.45, 7) is 8.50. The van der Waals surface area contributed by atoms with Gasteiger partial charge in [-0.3, -0.25) is 0 Å². The predicted octanol–water partition coefficient (Wildman–Crippen LogP) is 3.25. The van der Waals surface area contributed by atoms with Gasteiger partial charge in [0.2, 0.25) is 0 Å². The molecule has 0 radical (unpaired) electrons. The lowest BCUT2D eigenvalue weighted by Gasteiger charge is -2.27. The first kappa shape index (κ1) is 13.8. The summed E-state index contributed by atoms with van der Waals surface area (Å²) in [6.07, 6.45) is -0.0613. The molecule has 1 aromatic carbocycles. The molecule has 1 fully saturated rings. The van der Waals surface area contributed by atoms with Gasteiger partial charge >= 0.3 is 0 Å². The van der Waals surface area contributed by atoms with Crippen LogP contribution in [0.1, 0.15) is 42.6 Å². The van der Waals surface area contributed by atoms with Crippen molar-refractivity contribution in [3.63, 3.8) is 0 Å². The van der Waals surface area contributed by atoms with Crippen molar-refractivity contribution in [2.45, 2.75) is 32.8 Å². The van der Waals surface area contributed by atoms with E-state index in [2.05, 4.69) is 35.1 Å². The molecule has 0 aromatic heterocycles. The molecule has 0 spiro atoms. The van der Waals surface area contributed by atoms with Crippen LogP contribution in [0, 0.1) is 6.92 Å². The fourth-order valence-corrected chi connectivity index (χ4v) is 2.82. The van der Waals surface area contributed by atoms with Gasteiger partial charge in [-0.1, -0.05) is 29.8 Å². The van der Waals surface area contributed by atoms with Crippen molar-refractivity contribution in [3.8, 4) is 5.75 Å². The van der Waals surface area contributed by atoms with Crippen molar-refractivity contribution >= 4 is 15.9 Å². The van der Waals surface area contributed by atoms with Gasteiger partial charge in [0, 0.05) is 23.1 Å². The third kappa shape index (κ3) is 2.56. The summed E-state index contributed by atoms with van der Waals surface area (Å²) in [6, 6.07) is 2.01. The third-order valence-corrected chi connectivity index (χ3v) is 4.27. The number of aromatic hydroxyl groups is 1. The minimum atomic E-state index is -0.0613. The van der Waals surface area contributed by atoms with Gasteiger partial charge in [-0.05, 0) is 30.0 Å². The van der Waals surface area contributed by atoms with Gasteiger partial charge in [-0.2, -0.15) is 0 Å². The summed E-state index contributed by atoms with van der Waals surface area (Å²) >= 11 is 3.58. The first-order valence-corrected chi connectivity index (χ1v) is 7.15. The summed E-state index contributed by atoms with van der Waals surface area (Å²) in [5, 5.41) is 13.8. The van der Waals surface area contributed by atoms with Crippen LogP contribution >= 0.6 is 15.9 Å². The number of hydrogen-bond donors (Lipinski definition) is 2. The minimum absolute atomic E-state index is 0.0613. The van der Waals surface area contributed by atoms with Crippen LogP contribution < -0.4 is 5.32 Å². The number of phenolic OH excluding ortho intramolecular Hbond substituents is 1. The molecule has 2 N–H and O–H groups in total. The molecular formula is C14H20BrNO2. The van der Waals surface area contributed by atoms with E-state index in [9.17, 15) is 5.11 Å². The fourth-order valence-electron chi connectivity index (χ4n) is 2.36. The van der Waals surface area contributed by atoms with Gasteiger partial charge in [0.25, 0.3) is 0 Å². The van der Waals surface area contributed by atoms with E-state index < -0.39 is 0 Å². The lowest BCUT2D eigenvalue weighted by Crippen LogP contribution is -2.33. The first-order chi connectivity index (χ1) is 8.52. The zero-order chi connectivity index (χ0) is 13.3. The maximum Gasteiger partial charge on any atom is 0.125 e. The molecule has 2 rings (SSSR count). The van der Waals surface area contributed by atoms with E-state index in [-0.39, 0.29) is 12.0 Å². The molecular weight excluding hydrogens is 294 g/mol. The van der Waals surface area contributed by atoms with Gasteiger partial charge in [0.05, 0.1) is 12.7 Å². The predicted molar refractivity (Wildman–Crippen MR) is 76.2 cm³/mol. The lowest BCUT2D eigenvalue weighted by molar-refractivity contribution is 0.0258. The highest BCUT2D eigenvalue weighted by molar-refractivity contribution is 9.10. The Kier molecular flexibility index (Phi) is 4.30. The molecule has 18 heavy (non-hydrogen) atoms. The quantitative estimate of drug-likeness (QED) is 0.880. The van der Waals surface area contributed by atoms with Crippen molar-refractivity contribution in [3.05, 3.63) is 27.2 Å². The minimum Gasteiger partial charge on any atom is -0.507 e. The van der Waals surface area contributed by atoms with Gasteiger partial charge in [0.1, 0.15) is 5.75 Å². The van der Waals surface area contributed by atoms with Crippen LogP contribution in [0.15, 0.2) is 10.5 Å². The number of nitrogens with one attached hydrogen (secondary N) is 1. The first-order valence-electron chi connectivity index (χ1n) is 6.36. The smallest absolute Gasteiger partial charge is 0.125 e. The largest absolute Gasteiger partial charge is 0.507 e. The number of halogens is 1. The van der Waals surface area contributed by atoms with E-state index in [1.807, 2.05) is 13.0 Å². The van der Waals surface area contributed by atoms with E-state index in [0.717, 1.165) is 34.3 Å². The average Bonchev–Trinajstić information content (AvgIpc) is 2.35. The number of rotatable bonds is 2. The second kappa shape index (κ2) is 5.59. The van der Waals surface area contributed by atoms with E-state index >= 15 is 0 Å². The van der Waals surface area contributed by atoms with Gasteiger partial charge in [0.15, 0.2) is 0 Å². The number of morpholine rings is 1. The maximum atomic E-state index is 10.5. The van der Waals surface area contributed by atoms with E-state index in [1.54, 1.807) is 0 Å². The van der Waals surface area contributed by atoms with E-state index in [0.29, 0.717) is 12.4 Å². The number of phenols is 1. The summed E-state index contributed by atoms with van der Waals surface area (Å²) < 4.78 is 6.81. The summed E-state index contributed by atoms with van der Waals surface area (Å²) in [7, 11) is 0. The van der Waals surface area contributed by atoms with Crippen LogP contribution in [0.5, 0.6) is 5.75 Å². The Bertz CT molecular complexity index is 440. The molecule has 1 aliphatic rings. The SMILES string of the molecule is Cc1c(Br)cc(C(C)C)c(O)c1C1CNCCO1. The summed E-state index contributed by atoms with van der Waals surface area (Å²) in [5.74, 6) is 0.677. The maximum absolute atomic E-state index is 10.5. The Morgan fingerprint density at radius 3 is 2.78 bits per heavy atom. The molecule has 1 unspecified atom stereocenters. The number of ether oxygens (including phenoxy) is 1. The van der Waals surface area contributed by atoms with Gasteiger partial charge < -0.3 is 15.2 Å². The molecule has 0 saturated carbocycles. The third-order valence-electron chi connectivity index (χ3n) is 3.44. The zero-order valence-electron chi connectivity index (χ0n) is 11.1. The van der Waals surface area contributed by atoms with Crippen molar-refractivity contribution in [1.82, 2.24) is 5.32 Å². The van der Waals surface area contributed by atoms with Gasteiger partial charge in [-0.15, -0.1) is 0 Å². The molecule has 1 saturated heterocycles. The van der Waals surface area contributed by atoms with Crippen LogP contribution in [0.3, 0.4) is 0 Å². The monoisotopic (exact) mass is 313 g/mol. The van der Waals surface area contributed by atoms with E-state index in [1.165, 1.54) is 0 Å². The van der Waals surface area contributed by atoms with Crippen molar-refractivity contribution in [2.24, 2.45) is 0 Å². The topological polar surface area (TPSA) is 41.5 Å². The molecule has 1 aliphatic heterocycles. The molecule has 1 heterocycles. The Hall–Kier alpha value is -0.580. The number of hydrogen-bond acceptors (Lipinski definition) is 3. The highest BCUT2D eigenvalue weighted by Gasteiger charge is 2.25. The summed E-state index contributed by atoms with van der Waals surface area (Å²) in [5.41, 5.74) is 2.95. The number of benzene rings is 1. The Morgan fingerprint density at radius 2 is 2.22 bits per heavy atom. The second-order valence-electron chi connectivity index (χ2n) is 5.05. The van der Waals surface area contributed by atoms with Crippen molar-refractivity contribution in [2.75, 3.05) is 19.7 Å². The molecule has 3 nitrogen and oxygen atoms in total. The fraction of sp³-hybridized carbons (Fsp3) is 0.571. The van der Waals surface area contributed by atoms with Crippen LogP contribution in [0.25, 0.3) is 0 Å². The highest BCUT2D eigenvalue weighted by atomic mass is 79.9. The Balaban J connectivity index is 2.49. The van der Waals surface area contributed by atoms with Crippen LogP contribution in [-0.4, -0.2) is 24.8 Å². The van der Waals surface area contributed by atoms with Crippen molar-refractivity contribution in [1.29, 1.82) is 0 Å². The zero-order valence-corrected chi connectivity index (χ0v) is 12.7. The molecule has 100 valence electrons. The highest BCUT2D eigenvalue weighted by Crippen LogP contribution is 2.40. The molecule has 1 atom stereocenters. The average molecular weight is 314 g/mol. The Labute approximate surface area is 117 Å². The normalized spacial score (nSPS) is 20.4. The molecule has 0 bridgehead atoms. The van der Waals surface area contributed by atoms with Crippen LogP contribution in [0.4, 0.5) is 0 Å². The molecule has 0 amide bonds. The van der Waals surface area contributed by atoms with Crippen molar-refractivity contribution < 1.29 is 9.84 Å². The molecule has 1 aromatic rings. The standard InChI is InChI=1S/C14H20BrNO2/c1-8(2)10-6-11(15)9(3)13(14(10)17)12-7-16-4-5-18-12/h6,8,12,16-17H,4-5,7H2,1-3H3. The summed E-state index contributed by atoms with van der Waals surface area (Å²) in [4.78, 5) is 0.